The van der Waals surface area contributed by atoms with E-state index in [4.69, 9.17) is 0 Å². The Labute approximate surface area is 160 Å². The lowest BCUT2D eigenvalue weighted by atomic mass is 9.92. The summed E-state index contributed by atoms with van der Waals surface area (Å²) < 4.78 is 0. The number of carbonyl (C=O) groups is 3. The van der Waals surface area contributed by atoms with Crippen molar-refractivity contribution in [1.29, 1.82) is 0 Å². The maximum atomic E-state index is 12.7. The standard InChI is InChI=1S/C21H29N3O3/c1-15(25)22-19-9-7-17(8-10-19)21(27)24-13-11-16(12-14-24)20(26)23-18-5-3-2-4-6-18/h7-10,16,18H,2-6,11-14H2,1H3,(H,22,25)(H,23,26). The molecule has 3 amide bonds. The second-order valence-corrected chi connectivity index (χ2v) is 7.67. The van der Waals surface area contributed by atoms with Gasteiger partial charge < -0.3 is 15.5 Å². The molecular formula is C21H29N3O3. The van der Waals surface area contributed by atoms with Crippen LogP contribution in [-0.4, -0.2) is 41.8 Å². The average molecular weight is 371 g/mol. The van der Waals surface area contributed by atoms with Crippen molar-refractivity contribution in [3.05, 3.63) is 29.8 Å². The summed E-state index contributed by atoms with van der Waals surface area (Å²) in [5.74, 6) is 0.0185. The summed E-state index contributed by atoms with van der Waals surface area (Å²) in [5.41, 5.74) is 1.28. The van der Waals surface area contributed by atoms with E-state index in [1.165, 1.54) is 26.2 Å². The van der Waals surface area contributed by atoms with Gasteiger partial charge in [0.25, 0.3) is 5.91 Å². The lowest BCUT2D eigenvalue weighted by Gasteiger charge is -2.33. The van der Waals surface area contributed by atoms with E-state index in [2.05, 4.69) is 10.6 Å². The van der Waals surface area contributed by atoms with Crippen LogP contribution in [0, 0.1) is 5.92 Å². The van der Waals surface area contributed by atoms with Crippen LogP contribution in [-0.2, 0) is 9.59 Å². The first kappa shape index (κ1) is 19.4. The number of likely N-dealkylation sites (tertiary alicyclic amines) is 1. The Hall–Kier alpha value is -2.37. The lowest BCUT2D eigenvalue weighted by molar-refractivity contribution is -0.127. The summed E-state index contributed by atoms with van der Waals surface area (Å²) in [4.78, 5) is 38.0. The number of hydrogen-bond acceptors (Lipinski definition) is 3. The summed E-state index contributed by atoms with van der Waals surface area (Å²) >= 11 is 0. The van der Waals surface area contributed by atoms with Gasteiger partial charge in [-0.3, -0.25) is 14.4 Å². The number of carbonyl (C=O) groups excluding carboxylic acids is 3. The average Bonchev–Trinajstić information content (AvgIpc) is 2.68. The van der Waals surface area contributed by atoms with E-state index in [0.717, 1.165) is 12.8 Å². The van der Waals surface area contributed by atoms with Gasteiger partial charge in [0.05, 0.1) is 0 Å². The first-order chi connectivity index (χ1) is 13.0. The van der Waals surface area contributed by atoms with Crippen molar-refractivity contribution in [2.24, 2.45) is 5.92 Å². The third kappa shape index (κ3) is 5.31. The summed E-state index contributed by atoms with van der Waals surface area (Å²) in [6.07, 6.45) is 7.31. The molecule has 0 radical (unpaired) electrons. The molecule has 1 aliphatic carbocycles. The third-order valence-corrected chi connectivity index (χ3v) is 5.56. The molecule has 1 heterocycles. The third-order valence-electron chi connectivity index (χ3n) is 5.56. The molecule has 1 saturated heterocycles. The predicted molar refractivity (Wildman–Crippen MR) is 104 cm³/mol. The smallest absolute Gasteiger partial charge is 0.253 e. The van der Waals surface area contributed by atoms with Crippen LogP contribution in [0.25, 0.3) is 0 Å². The van der Waals surface area contributed by atoms with Gasteiger partial charge in [-0.05, 0) is 49.9 Å². The van der Waals surface area contributed by atoms with Crippen LogP contribution in [0.1, 0.15) is 62.2 Å². The summed E-state index contributed by atoms with van der Waals surface area (Å²) in [6.45, 7) is 2.66. The Balaban J connectivity index is 1.48. The van der Waals surface area contributed by atoms with E-state index >= 15 is 0 Å². The Kier molecular flexibility index (Phi) is 6.48. The van der Waals surface area contributed by atoms with E-state index in [0.29, 0.717) is 43.2 Å². The lowest BCUT2D eigenvalue weighted by Crippen LogP contribution is -2.45. The van der Waals surface area contributed by atoms with Gasteiger partial charge >= 0.3 is 0 Å². The molecule has 146 valence electrons. The molecule has 2 N–H and O–H groups in total. The first-order valence-corrected chi connectivity index (χ1v) is 10.0. The number of amides is 3. The van der Waals surface area contributed by atoms with Crippen molar-refractivity contribution in [3.63, 3.8) is 0 Å². The molecule has 0 atom stereocenters. The molecule has 6 heteroatoms. The van der Waals surface area contributed by atoms with Gasteiger partial charge in [0, 0.05) is 43.2 Å². The Bertz CT molecular complexity index is 672. The molecule has 1 saturated carbocycles. The van der Waals surface area contributed by atoms with Crippen LogP contribution >= 0.6 is 0 Å². The number of nitrogens with zero attached hydrogens (tertiary/aromatic N) is 1. The number of anilines is 1. The van der Waals surface area contributed by atoms with Crippen molar-refractivity contribution >= 4 is 23.4 Å². The van der Waals surface area contributed by atoms with Crippen LogP contribution in [0.15, 0.2) is 24.3 Å². The fourth-order valence-electron chi connectivity index (χ4n) is 3.99. The van der Waals surface area contributed by atoms with Crippen LogP contribution < -0.4 is 10.6 Å². The van der Waals surface area contributed by atoms with Gasteiger partial charge in [-0.15, -0.1) is 0 Å². The minimum atomic E-state index is -0.136. The highest BCUT2D eigenvalue weighted by Gasteiger charge is 2.29. The largest absolute Gasteiger partial charge is 0.353 e. The molecule has 1 aromatic rings. The second kappa shape index (κ2) is 9.02. The van der Waals surface area contributed by atoms with E-state index in [9.17, 15) is 14.4 Å². The quantitative estimate of drug-likeness (QED) is 0.854. The molecule has 0 aromatic heterocycles. The predicted octanol–water partition coefficient (Wildman–Crippen LogP) is 2.95. The number of rotatable bonds is 4. The van der Waals surface area contributed by atoms with Crippen molar-refractivity contribution in [2.75, 3.05) is 18.4 Å². The highest BCUT2D eigenvalue weighted by Crippen LogP contribution is 2.22. The highest BCUT2D eigenvalue weighted by molar-refractivity contribution is 5.95. The normalized spacial score (nSPS) is 18.8. The summed E-state index contributed by atoms with van der Waals surface area (Å²) in [5, 5.41) is 5.90. The SMILES string of the molecule is CC(=O)Nc1ccc(C(=O)N2CCC(C(=O)NC3CCCCC3)CC2)cc1. The number of hydrogen-bond donors (Lipinski definition) is 2. The fraction of sp³-hybridized carbons (Fsp3) is 0.571. The molecule has 2 fully saturated rings. The number of nitrogens with one attached hydrogen (secondary N) is 2. The summed E-state index contributed by atoms with van der Waals surface area (Å²) in [6, 6.07) is 7.27. The monoisotopic (exact) mass is 371 g/mol. The molecule has 6 nitrogen and oxygen atoms in total. The first-order valence-electron chi connectivity index (χ1n) is 10.0. The zero-order valence-corrected chi connectivity index (χ0v) is 16.0. The molecule has 2 aliphatic rings. The van der Waals surface area contributed by atoms with Crippen LogP contribution in [0.5, 0.6) is 0 Å². The Morgan fingerprint density at radius 1 is 0.926 bits per heavy atom. The second-order valence-electron chi connectivity index (χ2n) is 7.67. The van der Waals surface area contributed by atoms with Gasteiger partial charge in [-0.2, -0.15) is 0 Å². The maximum Gasteiger partial charge on any atom is 0.253 e. The summed E-state index contributed by atoms with van der Waals surface area (Å²) in [7, 11) is 0. The molecule has 27 heavy (non-hydrogen) atoms. The highest BCUT2D eigenvalue weighted by atomic mass is 16.2. The van der Waals surface area contributed by atoms with Crippen molar-refractivity contribution < 1.29 is 14.4 Å². The zero-order valence-electron chi connectivity index (χ0n) is 16.0. The molecule has 1 aliphatic heterocycles. The Morgan fingerprint density at radius 2 is 1.56 bits per heavy atom. The van der Waals surface area contributed by atoms with E-state index in [-0.39, 0.29) is 23.6 Å². The minimum absolute atomic E-state index is 0.0121. The van der Waals surface area contributed by atoms with E-state index in [1.807, 2.05) is 4.90 Å². The Morgan fingerprint density at radius 3 is 2.15 bits per heavy atom. The van der Waals surface area contributed by atoms with Crippen LogP contribution in [0.4, 0.5) is 5.69 Å². The van der Waals surface area contributed by atoms with Crippen molar-refractivity contribution in [2.45, 2.75) is 57.9 Å². The van der Waals surface area contributed by atoms with Gasteiger partial charge in [-0.25, -0.2) is 0 Å². The maximum absolute atomic E-state index is 12.7. The van der Waals surface area contributed by atoms with Crippen molar-refractivity contribution in [1.82, 2.24) is 10.2 Å². The van der Waals surface area contributed by atoms with Crippen LogP contribution in [0.3, 0.4) is 0 Å². The molecule has 0 unspecified atom stereocenters. The van der Waals surface area contributed by atoms with E-state index < -0.39 is 0 Å². The van der Waals surface area contributed by atoms with Gasteiger partial charge in [0.2, 0.25) is 11.8 Å². The van der Waals surface area contributed by atoms with E-state index in [1.54, 1.807) is 24.3 Å². The fourth-order valence-corrected chi connectivity index (χ4v) is 3.99. The molecule has 0 spiro atoms. The number of piperidine rings is 1. The zero-order chi connectivity index (χ0) is 19.2. The van der Waals surface area contributed by atoms with Crippen molar-refractivity contribution in [3.8, 4) is 0 Å². The van der Waals surface area contributed by atoms with Gasteiger partial charge in [-0.1, -0.05) is 19.3 Å². The number of benzene rings is 1. The molecule has 1 aromatic carbocycles. The molecule has 0 bridgehead atoms. The molecular weight excluding hydrogens is 342 g/mol. The molecule has 3 rings (SSSR count). The van der Waals surface area contributed by atoms with Gasteiger partial charge in [0.15, 0.2) is 0 Å². The minimum Gasteiger partial charge on any atom is -0.353 e. The van der Waals surface area contributed by atoms with Gasteiger partial charge in [0.1, 0.15) is 0 Å². The van der Waals surface area contributed by atoms with Crippen LogP contribution in [0.2, 0.25) is 0 Å². The topological polar surface area (TPSA) is 78.5 Å².